The molecule has 1 heterocycles. The smallest absolute Gasteiger partial charge is 0.262 e. The molecule has 6 nitrogen and oxygen atoms in total. The topological polar surface area (TPSA) is 86.7 Å². The van der Waals surface area contributed by atoms with Gasteiger partial charge in [0.15, 0.2) is 0 Å². The second-order valence-corrected chi connectivity index (χ2v) is 7.93. The lowest BCUT2D eigenvalue weighted by Crippen LogP contribution is -2.53. The fourth-order valence-corrected chi connectivity index (χ4v) is 4.28. The molecule has 0 spiro atoms. The third kappa shape index (κ3) is 3.72. The van der Waals surface area contributed by atoms with Gasteiger partial charge in [-0.3, -0.25) is 19.3 Å². The fourth-order valence-electron chi connectivity index (χ4n) is 4.28. The van der Waals surface area contributed by atoms with E-state index in [4.69, 9.17) is 0 Å². The van der Waals surface area contributed by atoms with Crippen LogP contribution in [-0.2, 0) is 11.2 Å². The minimum absolute atomic E-state index is 0.00172. The number of carbonyl (C=O) groups is 3. The Morgan fingerprint density at radius 2 is 1.45 bits per heavy atom. The van der Waals surface area contributed by atoms with Gasteiger partial charge in [-0.25, -0.2) is 0 Å². The minimum Gasteiger partial charge on any atom is -0.508 e. The molecule has 33 heavy (non-hydrogen) atoms. The van der Waals surface area contributed by atoms with Gasteiger partial charge in [-0.05, 0) is 35.2 Å². The van der Waals surface area contributed by atoms with Gasteiger partial charge in [0, 0.05) is 34.7 Å². The van der Waals surface area contributed by atoms with E-state index < -0.39 is 23.8 Å². The Labute approximate surface area is 190 Å². The van der Waals surface area contributed by atoms with Gasteiger partial charge in [-0.2, -0.15) is 0 Å². The molecular weight excluding hydrogens is 416 g/mol. The standard InChI is InChI=1S/C27H20N2O4/c30-20-12-6-11-19(16-20)28-25(31)23(15-17-7-2-1-3-8-17)29-26(32)21-13-4-9-18-10-5-14-22(24(18)21)27(29)33/h1-14,16,23,30H,15H2,(H,28,31)/t23-/m0/s1. The zero-order valence-corrected chi connectivity index (χ0v) is 17.6. The van der Waals surface area contributed by atoms with Crippen molar-refractivity contribution in [3.8, 4) is 5.75 Å². The van der Waals surface area contributed by atoms with Crippen LogP contribution in [0.3, 0.4) is 0 Å². The van der Waals surface area contributed by atoms with Crippen molar-refractivity contribution in [1.82, 2.24) is 4.90 Å². The Balaban J connectivity index is 1.58. The molecule has 0 saturated carbocycles. The Kier molecular flexibility index (Phi) is 5.11. The molecular formula is C27H20N2O4. The number of anilines is 1. The first kappa shape index (κ1) is 20.5. The number of nitrogens with zero attached hydrogens (tertiary/aromatic N) is 1. The molecule has 4 aromatic carbocycles. The van der Waals surface area contributed by atoms with Crippen LogP contribution in [0.1, 0.15) is 26.3 Å². The zero-order chi connectivity index (χ0) is 22.9. The first-order valence-electron chi connectivity index (χ1n) is 10.6. The predicted molar refractivity (Wildman–Crippen MR) is 125 cm³/mol. The quantitative estimate of drug-likeness (QED) is 0.454. The molecule has 1 aliphatic rings. The SMILES string of the molecule is O=C(Nc1cccc(O)c1)[C@H](Cc1ccccc1)N1C(=O)c2cccc3cccc(c23)C1=O. The van der Waals surface area contributed by atoms with E-state index in [1.807, 2.05) is 42.5 Å². The van der Waals surface area contributed by atoms with Crippen molar-refractivity contribution in [2.45, 2.75) is 12.5 Å². The first-order chi connectivity index (χ1) is 16.0. The van der Waals surface area contributed by atoms with Crippen molar-refractivity contribution < 1.29 is 19.5 Å². The van der Waals surface area contributed by atoms with Gasteiger partial charge >= 0.3 is 0 Å². The molecule has 5 rings (SSSR count). The highest BCUT2D eigenvalue weighted by molar-refractivity contribution is 6.26. The Bertz CT molecular complexity index is 1350. The van der Waals surface area contributed by atoms with E-state index >= 15 is 0 Å². The fraction of sp³-hybridized carbons (Fsp3) is 0.0741. The van der Waals surface area contributed by atoms with Gasteiger partial charge in [-0.1, -0.05) is 60.7 Å². The van der Waals surface area contributed by atoms with Crippen molar-refractivity contribution in [2.24, 2.45) is 0 Å². The maximum absolute atomic E-state index is 13.5. The third-order valence-electron chi connectivity index (χ3n) is 5.80. The van der Waals surface area contributed by atoms with E-state index in [1.165, 1.54) is 12.1 Å². The molecule has 2 N–H and O–H groups in total. The molecule has 1 aliphatic heterocycles. The van der Waals surface area contributed by atoms with Gasteiger partial charge in [-0.15, -0.1) is 0 Å². The van der Waals surface area contributed by atoms with Gasteiger partial charge < -0.3 is 10.4 Å². The molecule has 3 amide bonds. The van der Waals surface area contributed by atoms with E-state index in [0.717, 1.165) is 15.8 Å². The van der Waals surface area contributed by atoms with Crippen LogP contribution in [0.25, 0.3) is 10.8 Å². The summed E-state index contributed by atoms with van der Waals surface area (Å²) in [5.74, 6) is -1.52. The highest BCUT2D eigenvalue weighted by Crippen LogP contribution is 2.32. The molecule has 0 unspecified atom stereocenters. The Hall–Kier alpha value is -4.45. The number of hydrogen-bond donors (Lipinski definition) is 2. The molecule has 0 aliphatic carbocycles. The lowest BCUT2D eigenvalue weighted by Gasteiger charge is -2.33. The van der Waals surface area contributed by atoms with Crippen LogP contribution in [0.2, 0.25) is 0 Å². The van der Waals surface area contributed by atoms with Crippen LogP contribution in [0.4, 0.5) is 5.69 Å². The van der Waals surface area contributed by atoms with E-state index in [0.29, 0.717) is 22.2 Å². The zero-order valence-electron chi connectivity index (χ0n) is 17.6. The van der Waals surface area contributed by atoms with Crippen LogP contribution in [0.5, 0.6) is 5.75 Å². The number of hydrogen-bond acceptors (Lipinski definition) is 4. The predicted octanol–water partition coefficient (Wildman–Crippen LogP) is 4.39. The second kappa shape index (κ2) is 8.24. The lowest BCUT2D eigenvalue weighted by molar-refractivity contribution is -0.120. The molecule has 4 aromatic rings. The molecule has 6 heteroatoms. The number of phenolic OH excluding ortho intramolecular Hbond substituents is 1. The average molecular weight is 436 g/mol. The number of imide groups is 1. The molecule has 1 atom stereocenters. The number of benzene rings is 4. The monoisotopic (exact) mass is 436 g/mol. The van der Waals surface area contributed by atoms with Gasteiger partial charge in [0.2, 0.25) is 5.91 Å². The number of nitrogens with one attached hydrogen (secondary N) is 1. The highest BCUT2D eigenvalue weighted by atomic mass is 16.3. The van der Waals surface area contributed by atoms with E-state index in [1.54, 1.807) is 36.4 Å². The van der Waals surface area contributed by atoms with Crippen molar-refractivity contribution in [3.63, 3.8) is 0 Å². The van der Waals surface area contributed by atoms with Crippen LogP contribution in [-0.4, -0.2) is 33.8 Å². The Morgan fingerprint density at radius 3 is 2.09 bits per heavy atom. The van der Waals surface area contributed by atoms with Crippen molar-refractivity contribution in [2.75, 3.05) is 5.32 Å². The van der Waals surface area contributed by atoms with Gasteiger partial charge in [0.1, 0.15) is 11.8 Å². The summed E-state index contributed by atoms with van der Waals surface area (Å²) in [5.41, 5.74) is 1.97. The number of rotatable bonds is 5. The minimum atomic E-state index is -1.08. The van der Waals surface area contributed by atoms with Crippen LogP contribution >= 0.6 is 0 Å². The molecule has 0 bridgehead atoms. The average Bonchev–Trinajstić information content (AvgIpc) is 2.82. The lowest BCUT2D eigenvalue weighted by atomic mass is 9.92. The van der Waals surface area contributed by atoms with Crippen LogP contribution in [0, 0.1) is 0 Å². The summed E-state index contributed by atoms with van der Waals surface area (Å²) in [6.07, 6.45) is 0.154. The summed E-state index contributed by atoms with van der Waals surface area (Å²) in [6, 6.07) is 24.9. The second-order valence-electron chi connectivity index (χ2n) is 7.93. The summed E-state index contributed by atoms with van der Waals surface area (Å²) in [6.45, 7) is 0. The van der Waals surface area contributed by atoms with Crippen molar-refractivity contribution in [1.29, 1.82) is 0 Å². The number of carbonyl (C=O) groups excluding carboxylic acids is 3. The highest BCUT2D eigenvalue weighted by Gasteiger charge is 2.40. The van der Waals surface area contributed by atoms with Crippen molar-refractivity contribution >= 4 is 34.2 Å². The molecule has 0 saturated heterocycles. The molecule has 0 aromatic heterocycles. The maximum atomic E-state index is 13.5. The van der Waals surface area contributed by atoms with E-state index in [-0.39, 0.29) is 12.2 Å². The summed E-state index contributed by atoms with van der Waals surface area (Å²) in [4.78, 5) is 41.6. The molecule has 162 valence electrons. The first-order valence-corrected chi connectivity index (χ1v) is 10.6. The van der Waals surface area contributed by atoms with E-state index in [9.17, 15) is 19.5 Å². The third-order valence-corrected chi connectivity index (χ3v) is 5.80. The molecule has 0 fully saturated rings. The summed E-state index contributed by atoms with van der Waals surface area (Å²) in [7, 11) is 0. The normalized spacial score (nSPS) is 13.8. The maximum Gasteiger partial charge on any atom is 0.262 e. The summed E-state index contributed by atoms with van der Waals surface area (Å²) in [5, 5.41) is 13.9. The number of aromatic hydroxyl groups is 1. The number of phenols is 1. The van der Waals surface area contributed by atoms with Gasteiger partial charge in [0.05, 0.1) is 0 Å². The van der Waals surface area contributed by atoms with Crippen LogP contribution < -0.4 is 5.32 Å². The van der Waals surface area contributed by atoms with Crippen LogP contribution in [0.15, 0.2) is 91.0 Å². The van der Waals surface area contributed by atoms with Gasteiger partial charge in [0.25, 0.3) is 11.8 Å². The largest absolute Gasteiger partial charge is 0.508 e. The number of amides is 3. The molecule has 0 radical (unpaired) electrons. The van der Waals surface area contributed by atoms with E-state index in [2.05, 4.69) is 5.32 Å². The Morgan fingerprint density at radius 1 is 0.818 bits per heavy atom. The van der Waals surface area contributed by atoms with Crippen molar-refractivity contribution in [3.05, 3.63) is 108 Å². The summed E-state index contributed by atoms with van der Waals surface area (Å²) < 4.78 is 0. The summed E-state index contributed by atoms with van der Waals surface area (Å²) >= 11 is 0.